The van der Waals surface area contributed by atoms with Crippen molar-refractivity contribution in [2.45, 2.75) is 62.2 Å². The highest BCUT2D eigenvalue weighted by atomic mass is 32.2. The molecule has 114 valence electrons. The van der Waals surface area contributed by atoms with Crippen molar-refractivity contribution in [2.24, 2.45) is 0 Å². The van der Waals surface area contributed by atoms with Crippen molar-refractivity contribution in [3.05, 3.63) is 0 Å². The highest BCUT2D eigenvalue weighted by Gasteiger charge is 2.35. The second-order valence-corrected chi connectivity index (χ2v) is 7.29. The normalized spacial score (nSPS) is 25.1. The van der Waals surface area contributed by atoms with Gasteiger partial charge in [0.25, 0.3) is 0 Å². The SMILES string of the molecule is O=C(O)CC1(NC(=O)NCC2CCCS2)CCCCC1. The van der Waals surface area contributed by atoms with Crippen molar-refractivity contribution in [1.82, 2.24) is 10.6 Å². The minimum Gasteiger partial charge on any atom is -0.481 e. The summed E-state index contributed by atoms with van der Waals surface area (Å²) < 4.78 is 0. The van der Waals surface area contributed by atoms with Gasteiger partial charge in [-0.15, -0.1) is 0 Å². The van der Waals surface area contributed by atoms with Crippen molar-refractivity contribution in [3.8, 4) is 0 Å². The molecule has 2 aliphatic rings. The lowest BCUT2D eigenvalue weighted by Gasteiger charge is -2.37. The smallest absolute Gasteiger partial charge is 0.315 e. The number of carbonyl (C=O) groups excluding carboxylic acids is 1. The summed E-state index contributed by atoms with van der Waals surface area (Å²) in [5.74, 6) is 0.343. The second kappa shape index (κ2) is 7.20. The first kappa shape index (κ1) is 15.5. The molecule has 1 aliphatic carbocycles. The van der Waals surface area contributed by atoms with Crippen LogP contribution in [0.1, 0.15) is 51.4 Å². The number of amides is 2. The molecule has 2 rings (SSSR count). The summed E-state index contributed by atoms with van der Waals surface area (Å²) in [5, 5.41) is 15.4. The maximum Gasteiger partial charge on any atom is 0.315 e. The zero-order valence-corrected chi connectivity index (χ0v) is 12.6. The van der Waals surface area contributed by atoms with Crippen LogP contribution in [0.15, 0.2) is 0 Å². The van der Waals surface area contributed by atoms with Crippen LogP contribution in [0.3, 0.4) is 0 Å². The van der Waals surface area contributed by atoms with Crippen molar-refractivity contribution in [2.75, 3.05) is 12.3 Å². The van der Waals surface area contributed by atoms with Gasteiger partial charge in [0, 0.05) is 11.8 Å². The molecule has 0 radical (unpaired) electrons. The lowest BCUT2D eigenvalue weighted by Crippen LogP contribution is -2.54. The molecule has 2 fully saturated rings. The van der Waals surface area contributed by atoms with Gasteiger partial charge in [0.1, 0.15) is 0 Å². The van der Waals surface area contributed by atoms with Crippen molar-refractivity contribution in [3.63, 3.8) is 0 Å². The van der Waals surface area contributed by atoms with E-state index in [-0.39, 0.29) is 12.5 Å². The summed E-state index contributed by atoms with van der Waals surface area (Å²) in [5.41, 5.74) is -0.545. The fourth-order valence-electron chi connectivity index (χ4n) is 3.16. The molecule has 1 heterocycles. The number of carboxylic acid groups (broad SMARTS) is 1. The van der Waals surface area contributed by atoms with Crippen LogP contribution < -0.4 is 10.6 Å². The van der Waals surface area contributed by atoms with Crippen LogP contribution in [0.2, 0.25) is 0 Å². The predicted molar refractivity (Wildman–Crippen MR) is 80.1 cm³/mol. The fraction of sp³-hybridized carbons (Fsp3) is 0.857. The predicted octanol–water partition coefficient (Wildman–Crippen LogP) is 2.36. The Bertz CT molecular complexity index is 350. The molecule has 2 amide bonds. The average molecular weight is 300 g/mol. The zero-order chi connectivity index (χ0) is 14.4. The Balaban J connectivity index is 1.82. The molecule has 1 aliphatic heterocycles. The minimum atomic E-state index is -0.835. The molecular weight excluding hydrogens is 276 g/mol. The Morgan fingerprint density at radius 1 is 1.20 bits per heavy atom. The Kier molecular flexibility index (Phi) is 5.57. The number of rotatable bonds is 5. The summed E-state index contributed by atoms with van der Waals surface area (Å²) in [6, 6.07) is -0.208. The molecule has 0 aromatic carbocycles. The zero-order valence-electron chi connectivity index (χ0n) is 11.8. The third-order valence-electron chi connectivity index (χ3n) is 4.19. The number of carboxylic acids is 1. The molecule has 1 atom stereocenters. The number of hydrogen-bond acceptors (Lipinski definition) is 3. The van der Waals surface area contributed by atoms with Crippen LogP contribution in [0.25, 0.3) is 0 Å². The largest absolute Gasteiger partial charge is 0.481 e. The van der Waals surface area contributed by atoms with Crippen LogP contribution >= 0.6 is 11.8 Å². The third-order valence-corrected chi connectivity index (χ3v) is 5.59. The summed E-state index contributed by atoms with van der Waals surface area (Å²) in [4.78, 5) is 23.1. The summed E-state index contributed by atoms with van der Waals surface area (Å²) >= 11 is 1.90. The van der Waals surface area contributed by atoms with Gasteiger partial charge in [0.05, 0.1) is 12.0 Å². The Hall–Kier alpha value is -0.910. The molecule has 1 saturated heterocycles. The van der Waals surface area contributed by atoms with Gasteiger partial charge < -0.3 is 15.7 Å². The molecule has 0 bridgehead atoms. The van der Waals surface area contributed by atoms with Gasteiger partial charge in [-0.3, -0.25) is 4.79 Å². The number of thioether (sulfide) groups is 1. The van der Waals surface area contributed by atoms with Crippen LogP contribution in [-0.2, 0) is 4.79 Å². The quantitative estimate of drug-likeness (QED) is 0.728. The first-order chi connectivity index (χ1) is 9.60. The van der Waals surface area contributed by atoms with Crippen LogP contribution in [-0.4, -0.2) is 40.2 Å². The first-order valence-corrected chi connectivity index (χ1v) is 8.54. The van der Waals surface area contributed by atoms with Gasteiger partial charge in [-0.1, -0.05) is 19.3 Å². The van der Waals surface area contributed by atoms with E-state index in [9.17, 15) is 9.59 Å². The van der Waals surface area contributed by atoms with E-state index >= 15 is 0 Å². The highest BCUT2D eigenvalue weighted by Crippen LogP contribution is 2.31. The summed E-state index contributed by atoms with van der Waals surface area (Å²) in [7, 11) is 0. The van der Waals surface area contributed by atoms with Gasteiger partial charge >= 0.3 is 12.0 Å². The summed E-state index contributed by atoms with van der Waals surface area (Å²) in [6.07, 6.45) is 7.06. The summed E-state index contributed by atoms with van der Waals surface area (Å²) in [6.45, 7) is 0.680. The van der Waals surface area contributed by atoms with Gasteiger partial charge in [-0.05, 0) is 31.4 Å². The second-order valence-electron chi connectivity index (χ2n) is 5.88. The molecule has 3 N–H and O–H groups in total. The van der Waals surface area contributed by atoms with E-state index in [1.54, 1.807) is 0 Å². The number of nitrogens with one attached hydrogen (secondary N) is 2. The third kappa shape index (κ3) is 4.58. The number of urea groups is 1. The Morgan fingerprint density at radius 2 is 1.95 bits per heavy atom. The van der Waals surface area contributed by atoms with E-state index in [2.05, 4.69) is 10.6 Å². The molecule has 0 spiro atoms. The van der Waals surface area contributed by atoms with Gasteiger partial charge in [0.15, 0.2) is 0 Å². The Labute approximate surface area is 124 Å². The molecule has 0 aromatic heterocycles. The maximum absolute atomic E-state index is 12.0. The molecule has 1 unspecified atom stereocenters. The van der Waals surface area contributed by atoms with E-state index in [0.717, 1.165) is 38.5 Å². The monoisotopic (exact) mass is 300 g/mol. The first-order valence-electron chi connectivity index (χ1n) is 7.49. The van der Waals surface area contributed by atoms with Gasteiger partial charge in [-0.2, -0.15) is 11.8 Å². The van der Waals surface area contributed by atoms with Crippen LogP contribution in [0.5, 0.6) is 0 Å². The van der Waals surface area contributed by atoms with E-state index in [0.29, 0.717) is 11.8 Å². The van der Waals surface area contributed by atoms with E-state index in [1.807, 2.05) is 11.8 Å². The Morgan fingerprint density at radius 3 is 2.55 bits per heavy atom. The minimum absolute atomic E-state index is 0.0264. The molecule has 5 nitrogen and oxygen atoms in total. The molecule has 1 saturated carbocycles. The van der Waals surface area contributed by atoms with E-state index in [1.165, 1.54) is 12.2 Å². The van der Waals surface area contributed by atoms with Crippen LogP contribution in [0, 0.1) is 0 Å². The van der Waals surface area contributed by atoms with E-state index in [4.69, 9.17) is 5.11 Å². The van der Waals surface area contributed by atoms with Gasteiger partial charge in [0.2, 0.25) is 0 Å². The van der Waals surface area contributed by atoms with Crippen molar-refractivity contribution >= 4 is 23.8 Å². The lowest BCUT2D eigenvalue weighted by atomic mass is 9.79. The molecular formula is C14H24N2O3S. The topological polar surface area (TPSA) is 78.4 Å². The van der Waals surface area contributed by atoms with Gasteiger partial charge in [-0.25, -0.2) is 4.79 Å². The lowest BCUT2D eigenvalue weighted by molar-refractivity contribution is -0.139. The highest BCUT2D eigenvalue weighted by molar-refractivity contribution is 8.00. The number of hydrogen-bond donors (Lipinski definition) is 3. The fourth-order valence-corrected chi connectivity index (χ4v) is 4.36. The van der Waals surface area contributed by atoms with E-state index < -0.39 is 11.5 Å². The maximum atomic E-state index is 12.0. The average Bonchev–Trinajstić information content (AvgIpc) is 2.89. The molecule has 20 heavy (non-hydrogen) atoms. The number of aliphatic carboxylic acids is 1. The molecule has 6 heteroatoms. The standard InChI is InChI=1S/C14H24N2O3S/c17-12(18)9-14(6-2-1-3-7-14)16-13(19)15-10-11-5-4-8-20-11/h11H,1-10H2,(H,17,18)(H2,15,16,19). The molecule has 0 aromatic rings. The van der Waals surface area contributed by atoms with Crippen LogP contribution in [0.4, 0.5) is 4.79 Å². The number of carbonyl (C=O) groups is 2. The van der Waals surface area contributed by atoms with Crippen molar-refractivity contribution < 1.29 is 14.7 Å². The van der Waals surface area contributed by atoms with Crippen molar-refractivity contribution in [1.29, 1.82) is 0 Å².